The largest absolute Gasteiger partial charge is 0.370 e. The van der Waals surface area contributed by atoms with E-state index in [9.17, 15) is 47.1 Å². The maximum Gasteiger partial charge on any atom is 0.243 e. The molecule has 59 heavy (non-hydrogen) atoms. The summed E-state index contributed by atoms with van der Waals surface area (Å²) in [6.45, 7) is 3.12. The molecule has 1 saturated heterocycles. The van der Waals surface area contributed by atoms with Gasteiger partial charge in [0.25, 0.3) is 0 Å². The summed E-state index contributed by atoms with van der Waals surface area (Å²) in [6.07, 6.45) is 0.456. The van der Waals surface area contributed by atoms with E-state index in [1.807, 2.05) is 6.92 Å². The second-order valence-corrected chi connectivity index (χ2v) is 14.1. The molecule has 0 bridgehead atoms. The third-order valence-electron chi connectivity index (χ3n) is 9.25. The van der Waals surface area contributed by atoms with Gasteiger partial charge in [0, 0.05) is 32.9 Å². The lowest BCUT2D eigenvalue weighted by Crippen LogP contribution is -2.60. The smallest absolute Gasteiger partial charge is 0.243 e. The lowest BCUT2D eigenvalue weighted by molar-refractivity contribution is -0.135. The molecule has 1 heterocycles. The Bertz CT molecular complexity index is 1670. The second-order valence-electron chi connectivity index (χ2n) is 14.1. The minimum Gasteiger partial charge on any atom is -0.370 e. The molecule has 328 valence electrons. The van der Waals surface area contributed by atoms with Gasteiger partial charge in [-0.2, -0.15) is 0 Å². The van der Waals surface area contributed by atoms with Crippen molar-refractivity contribution in [1.82, 2.24) is 42.5 Å². The molecule has 0 spiro atoms. The molecule has 1 aliphatic rings. The van der Waals surface area contributed by atoms with Gasteiger partial charge < -0.3 is 59.7 Å². The maximum atomic E-state index is 14.3. The van der Waals surface area contributed by atoms with Crippen LogP contribution < -0.4 is 59.7 Å². The molecule has 8 amide bonds. The summed E-state index contributed by atoms with van der Waals surface area (Å²) in [5.74, 6) is -9.17. The number of halogens is 2. The number of nitrogens with one attached hydrogen (secondary N) is 9. The highest BCUT2D eigenvalue weighted by Crippen LogP contribution is 2.13. The normalized spacial score (nSPS) is 21.7. The number of rotatable bonds is 16. The summed E-state index contributed by atoms with van der Waals surface area (Å²) in [5.41, 5.74) is 16.7. The molecule has 1 aromatic carbocycles. The van der Waals surface area contributed by atoms with E-state index in [0.29, 0.717) is 12.8 Å². The SMILES string of the molecule is CCCC[C@H](NC(C)=O)C(=O)N[C@H]1CCC(=O)NCC[C@@H](C(N)=O)NC(=O)[C@H](CCCNC(=N)N)NC(=O)[C@@H](Cc2ccc(F)c(F)c2)NC(=O)[C@H](CCCN)NC1=O. The van der Waals surface area contributed by atoms with E-state index in [4.69, 9.17) is 22.6 Å². The number of amides is 8. The van der Waals surface area contributed by atoms with Crippen LogP contribution in [0.2, 0.25) is 0 Å². The number of hydrogen-bond donors (Lipinski definition) is 12. The topological polar surface area (TPSA) is 335 Å². The molecule has 1 aliphatic heterocycles. The molecule has 15 N–H and O–H groups in total. The van der Waals surface area contributed by atoms with Crippen LogP contribution in [0.5, 0.6) is 0 Å². The molecule has 6 atom stereocenters. The zero-order valence-electron chi connectivity index (χ0n) is 33.3. The number of benzene rings is 1. The van der Waals surface area contributed by atoms with Gasteiger partial charge in [-0.25, -0.2) is 8.78 Å². The van der Waals surface area contributed by atoms with Crippen molar-refractivity contribution < 1.29 is 47.1 Å². The summed E-state index contributed by atoms with van der Waals surface area (Å²) in [4.78, 5) is 106. The molecule has 0 saturated carbocycles. The van der Waals surface area contributed by atoms with Gasteiger partial charge in [-0.05, 0) is 69.2 Å². The Balaban J connectivity index is 2.62. The van der Waals surface area contributed by atoms with Crippen molar-refractivity contribution in [2.75, 3.05) is 19.6 Å². The number of guanidine groups is 1. The van der Waals surface area contributed by atoms with Crippen LogP contribution in [0, 0.1) is 17.0 Å². The van der Waals surface area contributed by atoms with Crippen molar-refractivity contribution in [1.29, 1.82) is 5.41 Å². The first kappa shape index (κ1) is 49.2. The highest BCUT2D eigenvalue weighted by atomic mass is 19.2. The van der Waals surface area contributed by atoms with Gasteiger partial charge in [0.15, 0.2) is 17.6 Å². The summed E-state index contributed by atoms with van der Waals surface area (Å²) < 4.78 is 28.2. The van der Waals surface area contributed by atoms with Gasteiger partial charge >= 0.3 is 0 Å². The van der Waals surface area contributed by atoms with Crippen molar-refractivity contribution in [3.63, 3.8) is 0 Å². The highest BCUT2D eigenvalue weighted by molar-refractivity contribution is 5.97. The number of nitrogens with two attached hydrogens (primary N) is 3. The highest BCUT2D eigenvalue weighted by Gasteiger charge is 2.34. The fourth-order valence-electron chi connectivity index (χ4n) is 6.06. The van der Waals surface area contributed by atoms with E-state index in [1.54, 1.807) is 0 Å². The van der Waals surface area contributed by atoms with Gasteiger partial charge in [0.05, 0.1) is 0 Å². The van der Waals surface area contributed by atoms with Crippen LogP contribution in [0.25, 0.3) is 0 Å². The van der Waals surface area contributed by atoms with E-state index in [2.05, 4.69) is 42.5 Å². The lowest BCUT2D eigenvalue weighted by Gasteiger charge is -2.27. The predicted octanol–water partition coefficient (Wildman–Crippen LogP) is -2.59. The van der Waals surface area contributed by atoms with Crippen molar-refractivity contribution in [3.05, 3.63) is 35.4 Å². The Morgan fingerprint density at radius 3 is 2.10 bits per heavy atom. The van der Waals surface area contributed by atoms with E-state index < -0.39 is 102 Å². The second kappa shape index (κ2) is 25.4. The fourth-order valence-corrected chi connectivity index (χ4v) is 6.06. The van der Waals surface area contributed by atoms with Crippen LogP contribution in [-0.2, 0) is 44.8 Å². The van der Waals surface area contributed by atoms with Crippen LogP contribution in [0.1, 0.15) is 83.6 Å². The standard InChI is InChI=1S/C37H58F2N12O8/c1-3-4-7-25(46-20(2)52)32(55)50-28-12-13-30(53)44-17-14-24(31(41)54)47-33(56)27(9-6-16-45-37(42)43)49-36(59)29(19-21-10-11-22(38)23(39)18-21)51-34(57)26(8-5-15-40)48-35(28)58/h10-11,18,24-29H,3-9,12-17,19,40H2,1-2H3,(H2,41,54)(H,44,53)(H,46,52)(H,47,56)(H,48,58)(H,49,59)(H,50,55)(H,51,57)(H4,42,43,45)/t24-,25-,26-,27-,28-,29+/m0/s1. The average Bonchev–Trinajstić information content (AvgIpc) is 3.17. The van der Waals surface area contributed by atoms with Crippen LogP contribution >= 0.6 is 0 Å². The molecule has 2 rings (SSSR count). The first-order valence-corrected chi connectivity index (χ1v) is 19.5. The molecule has 0 aromatic heterocycles. The van der Waals surface area contributed by atoms with E-state index >= 15 is 0 Å². The molecule has 0 unspecified atom stereocenters. The predicted molar refractivity (Wildman–Crippen MR) is 210 cm³/mol. The molecule has 0 aliphatic carbocycles. The van der Waals surface area contributed by atoms with E-state index in [-0.39, 0.29) is 82.5 Å². The van der Waals surface area contributed by atoms with Crippen LogP contribution in [0.4, 0.5) is 8.78 Å². The fraction of sp³-hybridized carbons (Fsp3) is 0.595. The first-order valence-electron chi connectivity index (χ1n) is 19.5. The monoisotopic (exact) mass is 836 g/mol. The molecular weight excluding hydrogens is 778 g/mol. The van der Waals surface area contributed by atoms with Gasteiger partial charge in [-0.3, -0.25) is 43.8 Å². The Labute approximate surface area is 340 Å². The summed E-state index contributed by atoms with van der Waals surface area (Å²) in [5, 5.41) is 27.8. The maximum absolute atomic E-state index is 14.3. The third-order valence-corrected chi connectivity index (χ3v) is 9.25. The average molecular weight is 837 g/mol. The summed E-state index contributed by atoms with van der Waals surface area (Å²) in [7, 11) is 0. The van der Waals surface area contributed by atoms with Crippen LogP contribution in [0.3, 0.4) is 0 Å². The first-order chi connectivity index (χ1) is 27.9. The number of primary amides is 1. The molecule has 20 nitrogen and oxygen atoms in total. The third kappa shape index (κ3) is 18.0. The number of unbranched alkanes of at least 4 members (excludes halogenated alkanes) is 1. The molecule has 22 heteroatoms. The Hall–Kier alpha value is -5.93. The van der Waals surface area contributed by atoms with Crippen molar-refractivity contribution in [3.8, 4) is 0 Å². The molecular formula is C37H58F2N12O8. The lowest BCUT2D eigenvalue weighted by atomic mass is 10.0. The zero-order chi connectivity index (χ0) is 44.1. The Morgan fingerprint density at radius 2 is 1.49 bits per heavy atom. The minimum absolute atomic E-state index is 0.0670. The minimum atomic E-state index is -1.57. The van der Waals surface area contributed by atoms with Gasteiger partial charge in [0.2, 0.25) is 47.3 Å². The van der Waals surface area contributed by atoms with Crippen LogP contribution in [0.15, 0.2) is 18.2 Å². The summed E-state index contributed by atoms with van der Waals surface area (Å²) >= 11 is 0. The number of carbonyl (C=O) groups excluding carboxylic acids is 8. The number of carbonyl (C=O) groups is 8. The molecule has 1 aromatic rings. The van der Waals surface area contributed by atoms with Crippen LogP contribution in [-0.4, -0.2) is 109 Å². The van der Waals surface area contributed by atoms with Gasteiger partial charge in [0.1, 0.15) is 36.3 Å². The quantitative estimate of drug-likeness (QED) is 0.0466. The molecule has 1 fully saturated rings. The van der Waals surface area contributed by atoms with Crippen molar-refractivity contribution in [2.24, 2.45) is 17.2 Å². The van der Waals surface area contributed by atoms with Crippen molar-refractivity contribution >= 4 is 53.2 Å². The van der Waals surface area contributed by atoms with E-state index in [1.165, 1.54) is 13.0 Å². The van der Waals surface area contributed by atoms with Gasteiger partial charge in [-0.15, -0.1) is 0 Å². The number of hydrogen-bond acceptors (Lipinski definition) is 10. The van der Waals surface area contributed by atoms with E-state index in [0.717, 1.165) is 12.1 Å². The summed E-state index contributed by atoms with van der Waals surface area (Å²) in [6, 6.07) is -5.28. The Kier molecular flexibility index (Phi) is 21.2. The Morgan fingerprint density at radius 1 is 0.864 bits per heavy atom. The zero-order valence-corrected chi connectivity index (χ0v) is 33.3. The van der Waals surface area contributed by atoms with Gasteiger partial charge in [-0.1, -0.05) is 25.8 Å². The van der Waals surface area contributed by atoms with Crippen molar-refractivity contribution in [2.45, 2.75) is 121 Å². The molecule has 0 radical (unpaired) electrons.